The van der Waals surface area contributed by atoms with Crippen LogP contribution in [0, 0.1) is 0 Å². The smallest absolute Gasteiger partial charge is 0.0287 e. The number of nitrogens with two attached hydrogens (primary N) is 1. The van der Waals surface area contributed by atoms with Crippen molar-refractivity contribution in [2.45, 2.75) is 35.4 Å². The van der Waals surface area contributed by atoms with Crippen molar-refractivity contribution in [2.75, 3.05) is 0 Å². The van der Waals surface area contributed by atoms with E-state index in [2.05, 4.69) is 41.8 Å². The Labute approximate surface area is 116 Å². The number of benzene rings is 1. The lowest BCUT2D eigenvalue weighted by atomic mass is 10.0. The monoisotopic (exact) mass is 275 g/mol. The Morgan fingerprint density at radius 1 is 1.22 bits per heavy atom. The fourth-order valence-corrected chi connectivity index (χ4v) is 4.48. The molecular weight excluding hydrogens is 258 g/mol. The molecule has 2 heterocycles. The van der Waals surface area contributed by atoms with E-state index in [1.54, 1.807) is 0 Å². The number of fused-ring (bicyclic) bond motifs is 1. The molecule has 0 aliphatic carbocycles. The van der Waals surface area contributed by atoms with Crippen molar-refractivity contribution in [3.05, 3.63) is 52.2 Å². The fraction of sp³-hybridized carbons (Fsp3) is 0.333. The first-order chi connectivity index (χ1) is 8.83. The van der Waals surface area contributed by atoms with E-state index in [0.717, 1.165) is 19.3 Å². The number of thioether (sulfide) groups is 1. The van der Waals surface area contributed by atoms with Crippen LogP contribution in [0.5, 0.6) is 0 Å². The van der Waals surface area contributed by atoms with Crippen LogP contribution in [0.25, 0.3) is 0 Å². The van der Waals surface area contributed by atoms with E-state index in [1.807, 2.05) is 23.1 Å². The molecule has 1 aliphatic heterocycles. The molecule has 3 heteroatoms. The Bertz CT molecular complexity index is 482. The second-order valence-electron chi connectivity index (χ2n) is 4.75. The molecule has 0 amide bonds. The average Bonchev–Trinajstić information content (AvgIpc) is 3.04. The van der Waals surface area contributed by atoms with Crippen molar-refractivity contribution in [3.8, 4) is 0 Å². The molecule has 0 saturated heterocycles. The zero-order valence-corrected chi connectivity index (χ0v) is 11.8. The second kappa shape index (κ2) is 5.47. The molecule has 0 saturated carbocycles. The van der Waals surface area contributed by atoms with Crippen molar-refractivity contribution < 1.29 is 0 Å². The van der Waals surface area contributed by atoms with E-state index in [0.29, 0.717) is 11.3 Å². The Morgan fingerprint density at radius 2 is 2.11 bits per heavy atom. The van der Waals surface area contributed by atoms with Crippen LogP contribution in [0.3, 0.4) is 0 Å². The molecule has 1 aromatic heterocycles. The van der Waals surface area contributed by atoms with Crippen LogP contribution in [-0.4, -0.2) is 11.3 Å². The lowest BCUT2D eigenvalue weighted by Gasteiger charge is -2.17. The zero-order valence-electron chi connectivity index (χ0n) is 10.2. The highest BCUT2D eigenvalue weighted by molar-refractivity contribution is 8.00. The molecule has 0 spiro atoms. The van der Waals surface area contributed by atoms with Gasteiger partial charge in [-0.1, -0.05) is 24.3 Å². The van der Waals surface area contributed by atoms with E-state index in [1.165, 1.54) is 15.3 Å². The first-order valence-corrected chi connectivity index (χ1v) is 8.11. The molecule has 2 atom stereocenters. The van der Waals surface area contributed by atoms with Gasteiger partial charge < -0.3 is 5.73 Å². The first kappa shape index (κ1) is 12.3. The predicted molar refractivity (Wildman–Crippen MR) is 80.4 cm³/mol. The van der Waals surface area contributed by atoms with E-state index < -0.39 is 0 Å². The maximum absolute atomic E-state index is 6.36. The molecule has 94 valence electrons. The van der Waals surface area contributed by atoms with Crippen LogP contribution in [0.15, 0.2) is 46.7 Å². The summed E-state index contributed by atoms with van der Waals surface area (Å²) in [6.07, 6.45) is 3.34. The van der Waals surface area contributed by atoms with E-state index in [4.69, 9.17) is 5.73 Å². The largest absolute Gasteiger partial charge is 0.327 e. The Hall–Kier alpha value is -0.770. The van der Waals surface area contributed by atoms with Crippen molar-refractivity contribution in [1.82, 2.24) is 0 Å². The summed E-state index contributed by atoms with van der Waals surface area (Å²) in [6.45, 7) is 0. The number of thiophene rings is 1. The summed E-state index contributed by atoms with van der Waals surface area (Å²) < 4.78 is 0. The lowest BCUT2D eigenvalue weighted by molar-refractivity contribution is 0.589. The second-order valence-corrected chi connectivity index (χ2v) is 7.06. The Morgan fingerprint density at radius 3 is 2.89 bits per heavy atom. The normalized spacial score (nSPS) is 19.7. The maximum atomic E-state index is 6.36. The van der Waals surface area contributed by atoms with Crippen LogP contribution < -0.4 is 5.73 Å². The molecule has 2 N–H and O–H groups in total. The topological polar surface area (TPSA) is 26.0 Å². The van der Waals surface area contributed by atoms with Gasteiger partial charge in [0.25, 0.3) is 0 Å². The zero-order chi connectivity index (χ0) is 12.4. The van der Waals surface area contributed by atoms with Gasteiger partial charge in [0.15, 0.2) is 0 Å². The number of hydrogen-bond donors (Lipinski definition) is 1. The van der Waals surface area contributed by atoms with Crippen molar-refractivity contribution in [2.24, 2.45) is 5.73 Å². The van der Waals surface area contributed by atoms with Gasteiger partial charge in [-0.05, 0) is 42.3 Å². The van der Waals surface area contributed by atoms with E-state index in [9.17, 15) is 0 Å². The predicted octanol–water partition coefficient (Wildman–Crippen LogP) is 3.73. The molecule has 0 radical (unpaired) electrons. The van der Waals surface area contributed by atoms with Crippen molar-refractivity contribution in [3.63, 3.8) is 0 Å². The summed E-state index contributed by atoms with van der Waals surface area (Å²) in [5.74, 6) is 0. The highest BCUT2D eigenvalue weighted by Crippen LogP contribution is 2.38. The number of aryl methyl sites for hydroxylation is 1. The Balaban J connectivity index is 1.57. The van der Waals surface area contributed by atoms with Crippen LogP contribution in [0.2, 0.25) is 0 Å². The highest BCUT2D eigenvalue weighted by atomic mass is 32.2. The molecule has 0 bridgehead atoms. The molecule has 1 nitrogen and oxygen atoms in total. The molecule has 1 aliphatic rings. The number of hydrogen-bond acceptors (Lipinski definition) is 3. The van der Waals surface area contributed by atoms with Gasteiger partial charge in [-0.2, -0.15) is 0 Å². The minimum absolute atomic E-state index is 0.296. The highest BCUT2D eigenvalue weighted by Gasteiger charge is 2.26. The number of rotatable bonds is 4. The summed E-state index contributed by atoms with van der Waals surface area (Å²) in [5.41, 5.74) is 7.83. The summed E-state index contributed by atoms with van der Waals surface area (Å²) in [6, 6.07) is 13.3. The quantitative estimate of drug-likeness (QED) is 0.920. The van der Waals surface area contributed by atoms with Gasteiger partial charge in [-0.25, -0.2) is 0 Å². The van der Waals surface area contributed by atoms with Crippen LogP contribution in [0.4, 0.5) is 0 Å². The molecule has 18 heavy (non-hydrogen) atoms. The van der Waals surface area contributed by atoms with E-state index >= 15 is 0 Å². The molecule has 1 aromatic carbocycles. The van der Waals surface area contributed by atoms with Crippen molar-refractivity contribution in [1.29, 1.82) is 0 Å². The molecule has 0 fully saturated rings. The first-order valence-electron chi connectivity index (χ1n) is 6.35. The van der Waals surface area contributed by atoms with Gasteiger partial charge in [-0.3, -0.25) is 0 Å². The third kappa shape index (κ3) is 2.63. The minimum Gasteiger partial charge on any atom is -0.327 e. The van der Waals surface area contributed by atoms with Gasteiger partial charge in [-0.15, -0.1) is 23.1 Å². The third-order valence-corrected chi connectivity index (χ3v) is 5.86. The average molecular weight is 275 g/mol. The van der Waals surface area contributed by atoms with Crippen molar-refractivity contribution >= 4 is 23.1 Å². The summed E-state index contributed by atoms with van der Waals surface area (Å²) in [4.78, 5) is 2.88. The van der Waals surface area contributed by atoms with Crippen LogP contribution in [-0.2, 0) is 12.8 Å². The van der Waals surface area contributed by atoms with Crippen LogP contribution in [0.1, 0.15) is 16.9 Å². The standard InChI is InChI=1S/C15H17NS2/c16-13(8-7-12-5-3-9-17-12)15-10-11-4-1-2-6-14(11)18-15/h1-6,9,13,15H,7-8,10,16H2. The SMILES string of the molecule is NC(CCc1cccs1)C1Cc2ccccc2S1. The summed E-state index contributed by atoms with van der Waals surface area (Å²) in [5, 5.41) is 2.70. The van der Waals surface area contributed by atoms with Crippen LogP contribution >= 0.6 is 23.1 Å². The summed E-state index contributed by atoms with van der Waals surface area (Å²) in [7, 11) is 0. The molecular formula is C15H17NS2. The maximum Gasteiger partial charge on any atom is 0.0287 e. The lowest BCUT2D eigenvalue weighted by Crippen LogP contribution is -2.32. The fourth-order valence-electron chi connectivity index (χ4n) is 2.40. The molecule has 2 unspecified atom stereocenters. The van der Waals surface area contributed by atoms with Gasteiger partial charge in [0.1, 0.15) is 0 Å². The molecule has 2 aromatic rings. The van der Waals surface area contributed by atoms with Gasteiger partial charge in [0.05, 0.1) is 0 Å². The minimum atomic E-state index is 0.296. The Kier molecular flexibility index (Phi) is 3.73. The van der Waals surface area contributed by atoms with E-state index in [-0.39, 0.29) is 0 Å². The third-order valence-electron chi connectivity index (χ3n) is 3.45. The van der Waals surface area contributed by atoms with Gasteiger partial charge in [0.2, 0.25) is 0 Å². The van der Waals surface area contributed by atoms with Gasteiger partial charge in [0, 0.05) is 21.1 Å². The van der Waals surface area contributed by atoms with Gasteiger partial charge >= 0.3 is 0 Å². The summed E-state index contributed by atoms with van der Waals surface area (Å²) >= 11 is 3.79. The molecule has 3 rings (SSSR count).